The van der Waals surface area contributed by atoms with Crippen molar-refractivity contribution in [1.29, 1.82) is 0 Å². The molecule has 0 aromatic heterocycles. The molecule has 3 nitrogen and oxygen atoms in total. The summed E-state index contributed by atoms with van der Waals surface area (Å²) in [6.45, 7) is 0.804. The molecule has 0 amide bonds. The second kappa shape index (κ2) is 4.44. The molecule has 2 aromatic carbocycles. The topological polar surface area (TPSA) is 41.5 Å². The minimum atomic E-state index is 0.274. The molecule has 18 heavy (non-hydrogen) atoms. The van der Waals surface area contributed by atoms with E-state index >= 15 is 0 Å². The SMILES string of the molecule is O=Nc1cc2c(c3ccc(S)cc13)C(CCl)CN2. The van der Waals surface area contributed by atoms with Crippen molar-refractivity contribution in [3.05, 3.63) is 34.7 Å². The van der Waals surface area contributed by atoms with Gasteiger partial charge in [-0.3, -0.25) is 0 Å². The van der Waals surface area contributed by atoms with E-state index in [-0.39, 0.29) is 5.92 Å². The second-order valence-corrected chi connectivity index (χ2v) is 5.24. The van der Waals surface area contributed by atoms with Gasteiger partial charge < -0.3 is 5.32 Å². The fourth-order valence-electron chi connectivity index (χ4n) is 2.54. The van der Waals surface area contributed by atoms with E-state index in [1.54, 1.807) is 6.07 Å². The number of fused-ring (bicyclic) bond motifs is 3. The van der Waals surface area contributed by atoms with Gasteiger partial charge in [0.25, 0.3) is 0 Å². The lowest BCUT2D eigenvalue weighted by Gasteiger charge is -2.11. The van der Waals surface area contributed by atoms with E-state index < -0.39 is 0 Å². The molecule has 5 heteroatoms. The van der Waals surface area contributed by atoms with Crippen LogP contribution in [0.5, 0.6) is 0 Å². The Labute approximate surface area is 115 Å². The average Bonchev–Trinajstić information content (AvgIpc) is 2.80. The maximum atomic E-state index is 11.0. The number of nitroso groups, excluding NO2 is 1. The molecule has 0 bridgehead atoms. The Morgan fingerprint density at radius 2 is 2.22 bits per heavy atom. The standard InChI is InChI=1S/C13H11ClN2OS/c14-5-7-6-15-12-4-11(16-17)10-3-8(18)1-2-9(10)13(7)12/h1-4,7,15,18H,5-6H2. The zero-order chi connectivity index (χ0) is 12.7. The Kier molecular flexibility index (Phi) is 2.92. The predicted octanol–water partition coefficient (Wildman–Crippen LogP) is 4.27. The lowest BCUT2D eigenvalue weighted by Crippen LogP contribution is -2.02. The maximum Gasteiger partial charge on any atom is 0.117 e. The van der Waals surface area contributed by atoms with E-state index in [4.69, 9.17) is 11.6 Å². The molecule has 1 N–H and O–H groups in total. The number of nitrogens with one attached hydrogen (secondary N) is 1. The first kappa shape index (κ1) is 11.8. The summed E-state index contributed by atoms with van der Waals surface area (Å²) in [6.07, 6.45) is 0. The third-order valence-corrected chi connectivity index (χ3v) is 4.02. The number of nitrogens with zero attached hydrogens (tertiary/aromatic N) is 1. The van der Waals surface area contributed by atoms with Gasteiger partial charge in [0.2, 0.25) is 0 Å². The number of benzene rings is 2. The van der Waals surface area contributed by atoms with Crippen LogP contribution in [-0.4, -0.2) is 12.4 Å². The second-order valence-electron chi connectivity index (χ2n) is 4.41. The molecule has 0 aliphatic carbocycles. The minimum absolute atomic E-state index is 0.274. The Morgan fingerprint density at radius 3 is 2.94 bits per heavy atom. The molecular weight excluding hydrogens is 268 g/mol. The van der Waals surface area contributed by atoms with Crippen LogP contribution in [0.25, 0.3) is 10.8 Å². The third kappa shape index (κ3) is 1.68. The van der Waals surface area contributed by atoms with E-state index in [0.717, 1.165) is 27.9 Å². The predicted molar refractivity (Wildman–Crippen MR) is 78.6 cm³/mol. The maximum absolute atomic E-state index is 11.0. The Balaban J connectivity index is 2.39. The fraction of sp³-hybridized carbons (Fsp3) is 0.231. The molecule has 0 saturated carbocycles. The first-order chi connectivity index (χ1) is 8.74. The normalized spacial score (nSPS) is 17.6. The summed E-state index contributed by atoms with van der Waals surface area (Å²) in [5.41, 5.74) is 2.60. The van der Waals surface area contributed by atoms with Gasteiger partial charge in [0.05, 0.1) is 0 Å². The molecule has 0 saturated heterocycles. The lowest BCUT2D eigenvalue weighted by molar-refractivity contribution is 0.869. The molecular formula is C13H11ClN2OS. The molecule has 1 unspecified atom stereocenters. The van der Waals surface area contributed by atoms with Crippen molar-refractivity contribution in [2.24, 2.45) is 5.18 Å². The Hall–Kier alpha value is -1.26. The largest absolute Gasteiger partial charge is 0.384 e. The summed E-state index contributed by atoms with van der Waals surface area (Å²) >= 11 is 10.3. The van der Waals surface area contributed by atoms with Crippen molar-refractivity contribution in [3.8, 4) is 0 Å². The van der Waals surface area contributed by atoms with Crippen molar-refractivity contribution in [3.63, 3.8) is 0 Å². The molecule has 1 atom stereocenters. The number of hydrogen-bond donors (Lipinski definition) is 2. The molecule has 0 fully saturated rings. The van der Waals surface area contributed by atoms with Gasteiger partial charge in [-0.15, -0.1) is 29.1 Å². The summed E-state index contributed by atoms with van der Waals surface area (Å²) in [4.78, 5) is 11.8. The van der Waals surface area contributed by atoms with Crippen LogP contribution in [0.3, 0.4) is 0 Å². The van der Waals surface area contributed by atoms with Crippen LogP contribution >= 0.6 is 24.2 Å². The number of anilines is 1. The number of alkyl halides is 1. The molecule has 0 radical (unpaired) electrons. The van der Waals surface area contributed by atoms with Crippen molar-refractivity contribution < 1.29 is 0 Å². The van der Waals surface area contributed by atoms with Gasteiger partial charge in [0, 0.05) is 34.3 Å². The van der Waals surface area contributed by atoms with Crippen LogP contribution in [0, 0.1) is 4.91 Å². The van der Waals surface area contributed by atoms with Gasteiger partial charge in [-0.2, -0.15) is 0 Å². The monoisotopic (exact) mass is 278 g/mol. The fourth-order valence-corrected chi connectivity index (χ4v) is 3.01. The number of thiol groups is 1. The molecule has 3 rings (SSSR count). The summed E-state index contributed by atoms with van der Waals surface area (Å²) in [5.74, 6) is 0.835. The zero-order valence-electron chi connectivity index (χ0n) is 9.48. The smallest absolute Gasteiger partial charge is 0.117 e. The summed E-state index contributed by atoms with van der Waals surface area (Å²) in [7, 11) is 0. The number of rotatable bonds is 2. The van der Waals surface area contributed by atoms with Crippen molar-refractivity contribution in [2.45, 2.75) is 10.8 Å². The van der Waals surface area contributed by atoms with Crippen LogP contribution in [0.2, 0.25) is 0 Å². The first-order valence-corrected chi connectivity index (χ1v) is 6.65. The van der Waals surface area contributed by atoms with E-state index in [0.29, 0.717) is 11.6 Å². The van der Waals surface area contributed by atoms with Crippen LogP contribution in [0.4, 0.5) is 11.4 Å². The zero-order valence-corrected chi connectivity index (χ0v) is 11.1. The van der Waals surface area contributed by atoms with Crippen molar-refractivity contribution in [1.82, 2.24) is 0 Å². The molecule has 2 aromatic rings. The van der Waals surface area contributed by atoms with E-state index in [1.807, 2.05) is 18.2 Å². The highest BCUT2D eigenvalue weighted by molar-refractivity contribution is 7.80. The summed E-state index contributed by atoms with van der Waals surface area (Å²) in [6, 6.07) is 7.57. The van der Waals surface area contributed by atoms with Gasteiger partial charge in [0.1, 0.15) is 5.69 Å². The molecule has 92 valence electrons. The van der Waals surface area contributed by atoms with Crippen LogP contribution < -0.4 is 5.32 Å². The van der Waals surface area contributed by atoms with Gasteiger partial charge in [-0.1, -0.05) is 6.07 Å². The van der Waals surface area contributed by atoms with Crippen LogP contribution in [0.15, 0.2) is 34.3 Å². The molecule has 0 spiro atoms. The van der Waals surface area contributed by atoms with Crippen molar-refractivity contribution in [2.75, 3.05) is 17.7 Å². The highest BCUT2D eigenvalue weighted by Gasteiger charge is 2.25. The number of halogens is 1. The van der Waals surface area contributed by atoms with Gasteiger partial charge in [-0.25, -0.2) is 0 Å². The van der Waals surface area contributed by atoms with Crippen LogP contribution in [-0.2, 0) is 0 Å². The Morgan fingerprint density at radius 1 is 1.39 bits per heavy atom. The average molecular weight is 279 g/mol. The molecule has 1 aliphatic rings. The van der Waals surface area contributed by atoms with E-state index in [2.05, 4.69) is 23.1 Å². The summed E-state index contributed by atoms with van der Waals surface area (Å²) < 4.78 is 0. The highest BCUT2D eigenvalue weighted by Crippen LogP contribution is 2.42. The molecule has 1 heterocycles. The summed E-state index contributed by atoms with van der Waals surface area (Å²) in [5, 5.41) is 8.27. The van der Waals surface area contributed by atoms with E-state index in [9.17, 15) is 4.91 Å². The first-order valence-electron chi connectivity index (χ1n) is 5.67. The lowest BCUT2D eigenvalue weighted by atomic mass is 9.95. The minimum Gasteiger partial charge on any atom is -0.384 e. The van der Waals surface area contributed by atoms with Gasteiger partial charge in [0.15, 0.2) is 0 Å². The van der Waals surface area contributed by atoms with Crippen LogP contribution in [0.1, 0.15) is 11.5 Å². The third-order valence-electron chi connectivity index (χ3n) is 3.37. The van der Waals surface area contributed by atoms with Crippen molar-refractivity contribution >= 4 is 46.4 Å². The Bertz CT molecular complexity index is 644. The quantitative estimate of drug-likeness (QED) is 0.489. The highest BCUT2D eigenvalue weighted by atomic mass is 35.5. The molecule has 1 aliphatic heterocycles. The number of hydrogen-bond acceptors (Lipinski definition) is 4. The van der Waals surface area contributed by atoms with Gasteiger partial charge >= 0.3 is 0 Å². The van der Waals surface area contributed by atoms with E-state index in [1.165, 1.54) is 5.56 Å². The van der Waals surface area contributed by atoms with Gasteiger partial charge in [-0.05, 0) is 34.3 Å².